The van der Waals surface area contributed by atoms with Crippen molar-refractivity contribution in [3.63, 3.8) is 0 Å². The molecule has 1 N–H and O–H groups in total. The van der Waals surface area contributed by atoms with Crippen LogP contribution in [0.25, 0.3) is 16.1 Å². The van der Waals surface area contributed by atoms with Gasteiger partial charge >= 0.3 is 6.18 Å². The van der Waals surface area contributed by atoms with Crippen LogP contribution in [0.2, 0.25) is 0 Å². The zero-order chi connectivity index (χ0) is 21.1. The van der Waals surface area contributed by atoms with E-state index in [2.05, 4.69) is 24.9 Å². The van der Waals surface area contributed by atoms with Crippen LogP contribution in [-0.4, -0.2) is 46.3 Å². The van der Waals surface area contributed by atoms with Gasteiger partial charge in [-0.05, 0) is 17.7 Å². The summed E-state index contributed by atoms with van der Waals surface area (Å²) in [6.45, 7) is 10.7. The molecule has 4 rings (SSSR count). The molecule has 0 radical (unpaired) electrons. The Morgan fingerprint density at radius 3 is 2.33 bits per heavy atom. The Morgan fingerprint density at radius 1 is 1.00 bits per heavy atom. The molecule has 3 heterocycles. The molecule has 1 saturated heterocycles. The van der Waals surface area contributed by atoms with E-state index in [4.69, 9.17) is 6.57 Å². The van der Waals surface area contributed by atoms with Crippen LogP contribution in [0.1, 0.15) is 11.1 Å². The Hall–Kier alpha value is -3.38. The molecule has 9 heteroatoms. The minimum Gasteiger partial charge on any atom is -0.354 e. The Labute approximate surface area is 171 Å². The summed E-state index contributed by atoms with van der Waals surface area (Å²) in [5.74, 6) is 0.562. The van der Waals surface area contributed by atoms with Crippen molar-refractivity contribution in [2.24, 2.45) is 0 Å². The number of aromatic amines is 1. The lowest BCUT2D eigenvalue weighted by atomic mass is 10.1. The summed E-state index contributed by atoms with van der Waals surface area (Å²) in [5.41, 5.74) is 2.82. The first kappa shape index (κ1) is 19.9. The molecule has 154 valence electrons. The van der Waals surface area contributed by atoms with Gasteiger partial charge in [-0.25, -0.2) is 9.83 Å². The average molecular weight is 412 g/mol. The molecule has 0 saturated carbocycles. The molecule has 6 nitrogen and oxygen atoms in total. The van der Waals surface area contributed by atoms with E-state index in [1.165, 1.54) is 6.07 Å². The molecule has 0 bridgehead atoms. The molecular weight excluding hydrogens is 393 g/mol. The number of rotatable bonds is 4. The molecule has 0 amide bonds. The molecule has 1 aliphatic heterocycles. The van der Waals surface area contributed by atoms with Gasteiger partial charge in [0, 0.05) is 44.5 Å². The van der Waals surface area contributed by atoms with Gasteiger partial charge in [-0.1, -0.05) is 24.3 Å². The summed E-state index contributed by atoms with van der Waals surface area (Å²) in [5, 5.41) is 7.21. The number of piperazine rings is 1. The molecule has 0 unspecified atom stereocenters. The fourth-order valence-corrected chi connectivity index (χ4v) is 3.50. The summed E-state index contributed by atoms with van der Waals surface area (Å²) in [6.07, 6.45) is -1.68. The van der Waals surface area contributed by atoms with Crippen LogP contribution in [0.5, 0.6) is 0 Å². The van der Waals surface area contributed by atoms with E-state index in [0.717, 1.165) is 42.2 Å². The summed E-state index contributed by atoms with van der Waals surface area (Å²) in [6, 6.07) is 9.87. The minimum atomic E-state index is -4.37. The smallest absolute Gasteiger partial charge is 0.354 e. The molecule has 1 fully saturated rings. The molecular formula is C21H19F3N6. The molecule has 0 spiro atoms. The molecule has 0 atom stereocenters. The number of anilines is 1. The Balaban J connectivity index is 1.38. The van der Waals surface area contributed by atoms with Gasteiger partial charge in [-0.2, -0.15) is 18.3 Å². The maximum Gasteiger partial charge on any atom is 0.417 e. The lowest BCUT2D eigenvalue weighted by Gasteiger charge is -2.35. The highest BCUT2D eigenvalue weighted by molar-refractivity contribution is 5.65. The Bertz CT molecular complexity index is 1030. The predicted octanol–water partition coefficient (Wildman–Crippen LogP) is 4.36. The first-order valence-corrected chi connectivity index (χ1v) is 9.45. The maximum absolute atomic E-state index is 12.7. The third-order valence-corrected chi connectivity index (χ3v) is 5.17. The lowest BCUT2D eigenvalue weighted by Crippen LogP contribution is -2.46. The second kappa shape index (κ2) is 8.16. The first-order valence-electron chi connectivity index (χ1n) is 9.45. The standard InChI is InChI=1S/C21H19F3N6/c1-25-18-5-2-15(3-6-18)20-16(12-27-28-20)14-29-8-10-30(11-9-29)19-7-4-17(13-26-19)21(22,23)24/h2-7,12-13H,8-11,14H2,(H,27,28). The molecule has 3 aromatic rings. The van der Waals surface area contributed by atoms with Crippen LogP contribution in [0.3, 0.4) is 0 Å². The fraction of sp³-hybridized carbons (Fsp3) is 0.286. The van der Waals surface area contributed by atoms with Gasteiger partial charge in [0.05, 0.1) is 24.0 Å². The van der Waals surface area contributed by atoms with Crippen LogP contribution in [0.4, 0.5) is 24.7 Å². The first-order chi connectivity index (χ1) is 14.4. The number of H-pyrrole nitrogens is 1. The van der Waals surface area contributed by atoms with Crippen molar-refractivity contribution in [3.8, 4) is 11.3 Å². The topological polar surface area (TPSA) is 52.4 Å². The van der Waals surface area contributed by atoms with E-state index in [-0.39, 0.29) is 0 Å². The third kappa shape index (κ3) is 4.28. The van der Waals surface area contributed by atoms with Crippen molar-refractivity contribution >= 4 is 11.5 Å². The number of benzene rings is 1. The average Bonchev–Trinajstić information content (AvgIpc) is 3.22. The van der Waals surface area contributed by atoms with Crippen molar-refractivity contribution in [2.45, 2.75) is 12.7 Å². The zero-order valence-corrected chi connectivity index (χ0v) is 16.0. The van der Waals surface area contributed by atoms with E-state index >= 15 is 0 Å². The van der Waals surface area contributed by atoms with Gasteiger partial charge in [0.1, 0.15) is 5.82 Å². The number of alkyl halides is 3. The third-order valence-electron chi connectivity index (χ3n) is 5.17. The Kier molecular flexibility index (Phi) is 5.42. The predicted molar refractivity (Wildman–Crippen MR) is 107 cm³/mol. The lowest BCUT2D eigenvalue weighted by molar-refractivity contribution is -0.137. The van der Waals surface area contributed by atoms with Gasteiger partial charge in [0.15, 0.2) is 5.69 Å². The number of halogens is 3. The van der Waals surface area contributed by atoms with E-state index < -0.39 is 11.7 Å². The molecule has 30 heavy (non-hydrogen) atoms. The van der Waals surface area contributed by atoms with Crippen LogP contribution < -0.4 is 4.90 Å². The van der Waals surface area contributed by atoms with Gasteiger partial charge in [0.25, 0.3) is 0 Å². The van der Waals surface area contributed by atoms with Crippen molar-refractivity contribution in [3.05, 3.63) is 71.3 Å². The molecule has 0 aliphatic carbocycles. The van der Waals surface area contributed by atoms with Gasteiger partial charge in [0.2, 0.25) is 0 Å². The minimum absolute atomic E-state index is 0.562. The van der Waals surface area contributed by atoms with E-state index in [9.17, 15) is 13.2 Å². The number of nitrogens with one attached hydrogen (secondary N) is 1. The summed E-state index contributed by atoms with van der Waals surface area (Å²) >= 11 is 0. The van der Waals surface area contributed by atoms with Crippen LogP contribution in [0, 0.1) is 6.57 Å². The Morgan fingerprint density at radius 2 is 1.73 bits per heavy atom. The largest absolute Gasteiger partial charge is 0.417 e. The normalized spacial score (nSPS) is 15.2. The van der Waals surface area contributed by atoms with Crippen LogP contribution in [-0.2, 0) is 12.7 Å². The number of hydrogen-bond donors (Lipinski definition) is 1. The second-order valence-corrected chi connectivity index (χ2v) is 7.09. The highest BCUT2D eigenvalue weighted by Crippen LogP contribution is 2.30. The highest BCUT2D eigenvalue weighted by atomic mass is 19.4. The maximum atomic E-state index is 12.7. The van der Waals surface area contributed by atoms with Crippen LogP contribution in [0.15, 0.2) is 48.8 Å². The highest BCUT2D eigenvalue weighted by Gasteiger charge is 2.31. The van der Waals surface area contributed by atoms with Gasteiger partial charge in [-0.3, -0.25) is 10.00 Å². The number of hydrogen-bond acceptors (Lipinski definition) is 4. The fourth-order valence-electron chi connectivity index (χ4n) is 3.50. The summed E-state index contributed by atoms with van der Waals surface area (Å²) < 4.78 is 38.1. The quantitative estimate of drug-likeness (QED) is 0.647. The summed E-state index contributed by atoms with van der Waals surface area (Å²) in [7, 11) is 0. The van der Waals surface area contributed by atoms with Crippen molar-refractivity contribution in [1.29, 1.82) is 0 Å². The van der Waals surface area contributed by atoms with Crippen molar-refractivity contribution < 1.29 is 13.2 Å². The van der Waals surface area contributed by atoms with E-state index in [1.807, 2.05) is 23.2 Å². The molecule has 1 aromatic carbocycles. The second-order valence-electron chi connectivity index (χ2n) is 7.09. The number of nitrogens with zero attached hydrogens (tertiary/aromatic N) is 5. The zero-order valence-electron chi connectivity index (χ0n) is 16.0. The van der Waals surface area contributed by atoms with E-state index in [0.29, 0.717) is 31.1 Å². The van der Waals surface area contributed by atoms with E-state index in [1.54, 1.807) is 12.1 Å². The number of aromatic nitrogens is 3. The van der Waals surface area contributed by atoms with Crippen molar-refractivity contribution in [1.82, 2.24) is 20.1 Å². The van der Waals surface area contributed by atoms with Gasteiger partial charge < -0.3 is 4.90 Å². The van der Waals surface area contributed by atoms with Crippen LogP contribution >= 0.6 is 0 Å². The molecule has 2 aromatic heterocycles. The number of pyridine rings is 1. The molecule has 1 aliphatic rings. The van der Waals surface area contributed by atoms with Crippen molar-refractivity contribution in [2.75, 3.05) is 31.1 Å². The monoisotopic (exact) mass is 412 g/mol. The summed E-state index contributed by atoms with van der Waals surface area (Å²) in [4.78, 5) is 11.7. The van der Waals surface area contributed by atoms with Gasteiger partial charge in [-0.15, -0.1) is 0 Å². The SMILES string of the molecule is [C-]#[N+]c1ccc(-c2[nH]ncc2CN2CCN(c3ccc(C(F)(F)F)cn3)CC2)cc1.